The molecule has 2 fully saturated rings. The molecule has 85 heavy (non-hydrogen) atoms. The second-order valence-corrected chi connectivity index (χ2v) is 29.6. The fourth-order valence-electron chi connectivity index (χ4n) is 17.7. The summed E-state index contributed by atoms with van der Waals surface area (Å²) in [5.74, 6) is 0. The molecule has 9 aromatic carbocycles. The van der Waals surface area contributed by atoms with E-state index in [1.165, 1.54) is 138 Å². The topological polar surface area (TPSA) is 13.0 Å². The highest BCUT2D eigenvalue weighted by Gasteiger charge is 2.63. The Bertz CT molecular complexity index is 4110. The summed E-state index contributed by atoms with van der Waals surface area (Å²) in [4.78, 5) is 11.0. The van der Waals surface area contributed by atoms with Crippen molar-refractivity contribution in [1.29, 1.82) is 0 Å². The van der Waals surface area contributed by atoms with Gasteiger partial charge in [-0.05, 0) is 178 Å². The van der Waals surface area contributed by atoms with Crippen LogP contribution in [0, 0.1) is 0 Å². The summed E-state index contributed by atoms with van der Waals surface area (Å²) in [6, 6.07) is 81.6. The highest BCUT2D eigenvalue weighted by molar-refractivity contribution is 7.00. The lowest BCUT2D eigenvalue weighted by atomic mass is 9.33. The zero-order valence-electron chi connectivity index (χ0n) is 52.2. The lowest BCUT2D eigenvalue weighted by Gasteiger charge is -2.53. The van der Waals surface area contributed by atoms with Crippen molar-refractivity contribution in [2.45, 2.75) is 166 Å². The second kappa shape index (κ2) is 18.9. The molecular formula is C80H83BN4. The molecule has 0 bridgehead atoms. The Morgan fingerprint density at radius 3 is 1.29 bits per heavy atom. The highest BCUT2D eigenvalue weighted by atomic mass is 15.3. The molecular weight excluding hydrogens is 1030 g/mol. The van der Waals surface area contributed by atoms with E-state index in [-0.39, 0.29) is 44.9 Å². The van der Waals surface area contributed by atoms with Gasteiger partial charge in [0.25, 0.3) is 6.71 Å². The lowest BCUT2D eigenvalue weighted by molar-refractivity contribution is 0.215. The van der Waals surface area contributed by atoms with E-state index in [9.17, 15) is 0 Å². The molecule has 0 saturated heterocycles. The van der Waals surface area contributed by atoms with Gasteiger partial charge in [-0.1, -0.05) is 228 Å². The lowest BCUT2D eigenvalue weighted by Crippen LogP contribution is -2.62. The molecule has 0 radical (unpaired) electrons. The van der Waals surface area contributed by atoms with Crippen LogP contribution < -0.4 is 36.0 Å². The van der Waals surface area contributed by atoms with Gasteiger partial charge >= 0.3 is 0 Å². The Labute approximate surface area is 507 Å². The van der Waals surface area contributed by atoms with Gasteiger partial charge < -0.3 is 19.6 Å². The monoisotopic (exact) mass is 1110 g/mol. The van der Waals surface area contributed by atoms with Crippen LogP contribution in [0.2, 0.25) is 0 Å². The Kier molecular flexibility index (Phi) is 12.0. The Balaban J connectivity index is 1.05. The molecule has 0 amide bonds. The Morgan fingerprint density at radius 2 is 0.753 bits per heavy atom. The van der Waals surface area contributed by atoms with Gasteiger partial charge in [-0.3, -0.25) is 0 Å². The van der Waals surface area contributed by atoms with E-state index in [1.807, 2.05) is 0 Å². The maximum atomic E-state index is 2.84. The summed E-state index contributed by atoms with van der Waals surface area (Å²) in [5, 5.41) is 0. The van der Waals surface area contributed by atoms with Crippen molar-refractivity contribution in [2.24, 2.45) is 0 Å². The van der Waals surface area contributed by atoms with E-state index >= 15 is 0 Å². The number of hydrogen-bond acceptors (Lipinski definition) is 4. The molecule has 2 saturated carbocycles. The minimum Gasteiger partial charge on any atom is -0.334 e. The van der Waals surface area contributed by atoms with Gasteiger partial charge in [0.1, 0.15) is 0 Å². The van der Waals surface area contributed by atoms with Crippen molar-refractivity contribution in [3.05, 3.63) is 245 Å². The van der Waals surface area contributed by atoms with E-state index in [0.29, 0.717) is 0 Å². The summed E-state index contributed by atoms with van der Waals surface area (Å²) < 4.78 is 0. The number of para-hydroxylation sites is 2. The molecule has 0 aromatic heterocycles. The zero-order valence-corrected chi connectivity index (χ0v) is 52.2. The maximum Gasteiger partial charge on any atom is 0.252 e. The average molecular weight is 1110 g/mol. The van der Waals surface area contributed by atoms with Crippen molar-refractivity contribution in [1.82, 2.24) is 0 Å². The second-order valence-electron chi connectivity index (χ2n) is 29.6. The normalized spacial score (nSPS) is 22.9. The first kappa shape index (κ1) is 53.9. The van der Waals surface area contributed by atoms with Crippen LogP contribution in [0.3, 0.4) is 0 Å². The molecule has 0 N–H and O–H groups in total. The van der Waals surface area contributed by atoms with E-state index in [0.717, 1.165) is 25.7 Å². The SMILES string of the molecule is CC(C)(C)c1ccc(N2c3cc(N4c5ccccc5C5(c6ccccc6)CCCCC45C)ccc3B3c4ccc(C(C)(C)C)cc4N(c4cccc(C(C)(C)C)c4)c4cc(N5c6ccccc6C6(c7ccccc7)CCCCC56C)cc2c43)cc1. The number of fused-ring (bicyclic) bond motifs is 10. The molecule has 2 aliphatic carbocycles. The largest absolute Gasteiger partial charge is 0.334 e. The maximum absolute atomic E-state index is 2.84. The zero-order chi connectivity index (χ0) is 58.6. The molecule has 5 heteroatoms. The predicted octanol–water partition coefficient (Wildman–Crippen LogP) is 19.2. The number of nitrogens with zero attached hydrogens (tertiary/aromatic N) is 4. The summed E-state index contributed by atoms with van der Waals surface area (Å²) in [7, 11) is 0. The van der Waals surface area contributed by atoms with Gasteiger partial charge in [0.15, 0.2) is 0 Å². The van der Waals surface area contributed by atoms with E-state index in [2.05, 4.69) is 302 Å². The van der Waals surface area contributed by atoms with Crippen molar-refractivity contribution >= 4 is 80.0 Å². The Hall–Kier alpha value is -7.76. The van der Waals surface area contributed by atoms with Crippen molar-refractivity contribution < 1.29 is 0 Å². The van der Waals surface area contributed by atoms with E-state index in [4.69, 9.17) is 0 Å². The molecule has 4 atom stereocenters. The third-order valence-corrected chi connectivity index (χ3v) is 21.9. The fourth-order valence-corrected chi connectivity index (χ4v) is 17.7. The van der Waals surface area contributed by atoms with Crippen LogP contribution >= 0.6 is 0 Å². The first-order chi connectivity index (χ1) is 40.8. The molecule has 426 valence electrons. The van der Waals surface area contributed by atoms with Crippen LogP contribution in [0.5, 0.6) is 0 Å². The minimum absolute atomic E-state index is 0.0128. The summed E-state index contributed by atoms with van der Waals surface area (Å²) in [5.41, 5.74) is 25.2. The molecule has 9 aromatic rings. The Morgan fingerprint density at radius 1 is 0.329 bits per heavy atom. The first-order valence-electron chi connectivity index (χ1n) is 32.0. The molecule has 4 aliphatic heterocycles. The van der Waals surface area contributed by atoms with E-state index < -0.39 is 0 Å². The number of rotatable bonds is 6. The summed E-state index contributed by atoms with van der Waals surface area (Å²) in [6.07, 6.45) is 9.16. The predicted molar refractivity (Wildman–Crippen MR) is 362 cm³/mol. The standard InChI is InChI=1S/C80H83BN4/c1-74(2,3)54-37-40-59(41-38-54)82-70-51-61(84-67-35-20-18-33-63(67)79(55-27-14-12-15-28-55)47-24-22-45-77(79,84)10)42-44-66(70)81-65-43-39-58(76(7,8)9)50-69(65)83(60-32-26-31-57(49-60)75(4,5)6)72-53-62(52-71(82)73(72)81)85-68-36-21-19-34-64(68)80(56-29-16-13-17-30-56)48-25-23-46-78(80,85)11/h12-21,26-44,49-53H,22-25,45-48H2,1-11H3. The third-order valence-electron chi connectivity index (χ3n) is 21.9. The molecule has 4 unspecified atom stereocenters. The quantitative estimate of drug-likeness (QED) is 0.154. The van der Waals surface area contributed by atoms with Crippen molar-refractivity contribution in [2.75, 3.05) is 19.6 Å². The van der Waals surface area contributed by atoms with Crippen LogP contribution in [0.25, 0.3) is 0 Å². The molecule has 4 nitrogen and oxygen atoms in total. The first-order valence-corrected chi connectivity index (χ1v) is 32.0. The molecule has 15 rings (SSSR count). The molecule has 0 spiro atoms. The summed E-state index contributed by atoms with van der Waals surface area (Å²) >= 11 is 0. The number of hydrogen-bond donors (Lipinski definition) is 0. The van der Waals surface area contributed by atoms with Gasteiger partial charge in [0.2, 0.25) is 0 Å². The van der Waals surface area contributed by atoms with Gasteiger partial charge in [0, 0.05) is 67.7 Å². The van der Waals surface area contributed by atoms with Gasteiger partial charge in [-0.15, -0.1) is 0 Å². The minimum atomic E-state index is -0.275. The smallest absolute Gasteiger partial charge is 0.252 e. The van der Waals surface area contributed by atoms with Crippen molar-refractivity contribution in [3.8, 4) is 0 Å². The van der Waals surface area contributed by atoms with Gasteiger partial charge in [-0.2, -0.15) is 0 Å². The van der Waals surface area contributed by atoms with Crippen LogP contribution in [-0.4, -0.2) is 17.8 Å². The fraction of sp³-hybridized carbons (Fsp3) is 0.325. The average Bonchev–Trinajstić information content (AvgIpc) is 1.63. The summed E-state index contributed by atoms with van der Waals surface area (Å²) in [6.45, 7) is 26.3. The van der Waals surface area contributed by atoms with Crippen LogP contribution in [0.1, 0.15) is 166 Å². The van der Waals surface area contributed by atoms with Crippen molar-refractivity contribution in [3.63, 3.8) is 0 Å². The van der Waals surface area contributed by atoms with E-state index in [1.54, 1.807) is 0 Å². The van der Waals surface area contributed by atoms with Crippen LogP contribution in [0.15, 0.2) is 206 Å². The highest BCUT2D eigenvalue weighted by Crippen LogP contribution is 2.66. The number of anilines is 10. The third kappa shape index (κ3) is 7.66. The molecule has 4 heterocycles. The van der Waals surface area contributed by atoms with Gasteiger partial charge in [-0.25, -0.2) is 0 Å². The van der Waals surface area contributed by atoms with Crippen LogP contribution in [0.4, 0.5) is 56.9 Å². The molecule has 6 aliphatic rings. The van der Waals surface area contributed by atoms with Crippen LogP contribution in [-0.2, 0) is 27.1 Å². The number of benzene rings is 9. The van der Waals surface area contributed by atoms with Gasteiger partial charge in [0.05, 0.1) is 11.1 Å².